The summed E-state index contributed by atoms with van der Waals surface area (Å²) < 4.78 is 5.77. The monoisotopic (exact) mass is 363 g/mol. The maximum atomic E-state index is 12.2. The van der Waals surface area contributed by atoms with Crippen molar-refractivity contribution in [2.45, 2.75) is 13.0 Å². The average Bonchev–Trinajstić information content (AvgIpc) is 2.68. The third-order valence-electron chi connectivity index (χ3n) is 3.89. The van der Waals surface area contributed by atoms with E-state index >= 15 is 0 Å². The Bertz CT molecular complexity index is 1010. The summed E-state index contributed by atoms with van der Waals surface area (Å²) in [5, 5.41) is 16.5. The Balaban J connectivity index is 1.64. The van der Waals surface area contributed by atoms with Gasteiger partial charge in [0.2, 0.25) is 0 Å². The Morgan fingerprint density at radius 1 is 1.15 bits per heavy atom. The van der Waals surface area contributed by atoms with Crippen molar-refractivity contribution < 1.29 is 14.5 Å². The van der Waals surface area contributed by atoms with E-state index in [2.05, 4.69) is 10.5 Å². The van der Waals surface area contributed by atoms with Crippen molar-refractivity contribution in [2.75, 3.05) is 0 Å². The molecule has 0 heterocycles. The van der Waals surface area contributed by atoms with E-state index in [0.29, 0.717) is 11.3 Å². The summed E-state index contributed by atoms with van der Waals surface area (Å²) in [6.07, 6.45) is 0.577. The van der Waals surface area contributed by atoms with Gasteiger partial charge in [-0.1, -0.05) is 48.5 Å². The molecule has 27 heavy (non-hydrogen) atoms. The summed E-state index contributed by atoms with van der Waals surface area (Å²) in [5.74, 6) is 0.183. The number of carbonyl (C=O) groups is 1. The van der Waals surface area contributed by atoms with Crippen LogP contribution in [0.25, 0.3) is 10.8 Å². The van der Waals surface area contributed by atoms with Crippen LogP contribution in [0.1, 0.15) is 12.5 Å². The van der Waals surface area contributed by atoms with Crippen LogP contribution < -0.4 is 10.2 Å². The first kappa shape index (κ1) is 18.1. The average molecular weight is 363 g/mol. The molecule has 1 atom stereocenters. The van der Waals surface area contributed by atoms with Gasteiger partial charge in [0.05, 0.1) is 11.1 Å². The van der Waals surface area contributed by atoms with E-state index in [1.807, 2.05) is 36.4 Å². The number of nitro benzene ring substituents is 1. The molecule has 0 aromatic heterocycles. The highest BCUT2D eigenvalue weighted by Crippen LogP contribution is 2.26. The number of nitro groups is 1. The van der Waals surface area contributed by atoms with Crippen molar-refractivity contribution in [3.05, 3.63) is 82.4 Å². The highest BCUT2D eigenvalue weighted by atomic mass is 16.6. The van der Waals surface area contributed by atoms with Crippen LogP contribution >= 0.6 is 0 Å². The third kappa shape index (κ3) is 4.46. The predicted molar refractivity (Wildman–Crippen MR) is 103 cm³/mol. The molecule has 0 radical (unpaired) electrons. The van der Waals surface area contributed by atoms with E-state index < -0.39 is 16.9 Å². The molecule has 0 bridgehead atoms. The Kier molecular flexibility index (Phi) is 5.41. The van der Waals surface area contributed by atoms with Crippen LogP contribution in [0.4, 0.5) is 5.69 Å². The number of carbonyl (C=O) groups excluding carboxylic acids is 1. The van der Waals surface area contributed by atoms with Crippen LogP contribution in [0, 0.1) is 10.1 Å². The molecule has 136 valence electrons. The molecule has 0 saturated carbocycles. The second kappa shape index (κ2) is 8.09. The molecule has 3 aromatic carbocycles. The fourth-order valence-corrected chi connectivity index (χ4v) is 2.52. The first-order chi connectivity index (χ1) is 13.0. The first-order valence-electron chi connectivity index (χ1n) is 8.26. The summed E-state index contributed by atoms with van der Waals surface area (Å²) in [4.78, 5) is 22.5. The number of fused-ring (bicyclic) bond motifs is 1. The minimum absolute atomic E-state index is 0.0436. The minimum atomic E-state index is -0.766. The summed E-state index contributed by atoms with van der Waals surface area (Å²) in [6.45, 7) is 1.62. The Morgan fingerprint density at radius 2 is 1.89 bits per heavy atom. The van der Waals surface area contributed by atoms with Crippen LogP contribution in [0.15, 0.2) is 71.8 Å². The lowest BCUT2D eigenvalue weighted by atomic mass is 10.1. The van der Waals surface area contributed by atoms with Gasteiger partial charge >= 0.3 is 0 Å². The quantitative estimate of drug-likeness (QED) is 0.411. The largest absolute Gasteiger partial charge is 0.480 e. The van der Waals surface area contributed by atoms with Crippen LogP contribution in [0.5, 0.6) is 5.75 Å². The molecule has 3 aromatic rings. The molecule has 0 saturated heterocycles. The molecule has 3 rings (SSSR count). The lowest BCUT2D eigenvalue weighted by Gasteiger charge is -2.14. The van der Waals surface area contributed by atoms with E-state index in [1.54, 1.807) is 25.1 Å². The summed E-state index contributed by atoms with van der Waals surface area (Å²) in [6, 6.07) is 19.3. The number of nitrogens with zero attached hydrogens (tertiary/aromatic N) is 2. The highest BCUT2D eigenvalue weighted by molar-refractivity contribution is 5.89. The van der Waals surface area contributed by atoms with Gasteiger partial charge in [0.15, 0.2) is 6.10 Å². The highest BCUT2D eigenvalue weighted by Gasteiger charge is 2.15. The number of benzene rings is 3. The number of nitrogens with one attached hydrogen (secondary N) is 1. The van der Waals surface area contributed by atoms with Crippen molar-refractivity contribution in [2.24, 2.45) is 5.10 Å². The van der Waals surface area contributed by atoms with Gasteiger partial charge in [-0.25, -0.2) is 5.43 Å². The van der Waals surface area contributed by atoms with Gasteiger partial charge in [0.25, 0.3) is 11.6 Å². The first-order valence-corrected chi connectivity index (χ1v) is 8.26. The fraction of sp³-hybridized carbons (Fsp3) is 0.100. The smallest absolute Gasteiger partial charge is 0.280 e. The normalized spacial score (nSPS) is 12.0. The molecule has 1 N–H and O–H groups in total. The molecule has 0 aliphatic heterocycles. The Hall–Kier alpha value is -3.74. The zero-order valence-electron chi connectivity index (χ0n) is 14.5. The molecular weight excluding hydrogens is 346 g/mol. The maximum Gasteiger partial charge on any atom is 0.280 e. The maximum absolute atomic E-state index is 12.2. The molecule has 0 aliphatic rings. The Labute approximate surface area is 155 Å². The SMILES string of the molecule is C[C@@H](Oc1cccc2ccccc12)C(=O)N/N=C\c1cccc([N+](=O)[O-])c1. The second-order valence-corrected chi connectivity index (χ2v) is 5.82. The molecule has 7 nitrogen and oxygen atoms in total. The molecule has 7 heteroatoms. The van der Waals surface area contributed by atoms with Gasteiger partial charge in [0.1, 0.15) is 5.75 Å². The van der Waals surface area contributed by atoms with E-state index in [4.69, 9.17) is 4.74 Å². The van der Waals surface area contributed by atoms with Crippen LogP contribution in [-0.2, 0) is 4.79 Å². The van der Waals surface area contributed by atoms with Crippen LogP contribution in [0.3, 0.4) is 0 Å². The molecule has 0 fully saturated rings. The zero-order chi connectivity index (χ0) is 19.2. The van der Waals surface area contributed by atoms with Gasteiger partial charge in [-0.3, -0.25) is 14.9 Å². The zero-order valence-corrected chi connectivity index (χ0v) is 14.5. The number of hydrogen-bond donors (Lipinski definition) is 1. The number of hydrazone groups is 1. The second-order valence-electron chi connectivity index (χ2n) is 5.82. The van der Waals surface area contributed by atoms with Crippen molar-refractivity contribution in [1.82, 2.24) is 5.43 Å². The molecule has 1 amide bonds. The topological polar surface area (TPSA) is 93.8 Å². The summed E-state index contributed by atoms with van der Waals surface area (Å²) in [7, 11) is 0. The third-order valence-corrected chi connectivity index (χ3v) is 3.89. The van der Waals surface area contributed by atoms with E-state index in [-0.39, 0.29) is 5.69 Å². The Morgan fingerprint density at radius 3 is 2.70 bits per heavy atom. The van der Waals surface area contributed by atoms with Crippen LogP contribution in [0.2, 0.25) is 0 Å². The van der Waals surface area contributed by atoms with E-state index in [9.17, 15) is 14.9 Å². The fourth-order valence-electron chi connectivity index (χ4n) is 2.52. The van der Waals surface area contributed by atoms with Gasteiger partial charge in [-0.05, 0) is 18.4 Å². The summed E-state index contributed by atoms with van der Waals surface area (Å²) >= 11 is 0. The number of ether oxygens (including phenoxy) is 1. The van der Waals surface area contributed by atoms with Gasteiger partial charge in [-0.2, -0.15) is 5.10 Å². The number of hydrogen-bond acceptors (Lipinski definition) is 5. The molecule has 0 aliphatic carbocycles. The minimum Gasteiger partial charge on any atom is -0.480 e. The van der Waals surface area contributed by atoms with E-state index in [0.717, 1.165) is 10.8 Å². The van der Waals surface area contributed by atoms with Crippen LogP contribution in [-0.4, -0.2) is 23.1 Å². The lowest BCUT2D eigenvalue weighted by molar-refractivity contribution is -0.384. The van der Waals surface area contributed by atoms with Gasteiger partial charge in [0, 0.05) is 23.1 Å². The van der Waals surface area contributed by atoms with Crippen molar-refractivity contribution in [3.8, 4) is 5.75 Å². The van der Waals surface area contributed by atoms with Crippen molar-refractivity contribution in [3.63, 3.8) is 0 Å². The number of non-ortho nitro benzene ring substituents is 1. The van der Waals surface area contributed by atoms with Crippen molar-refractivity contribution >= 4 is 28.6 Å². The number of amides is 1. The lowest BCUT2D eigenvalue weighted by Crippen LogP contribution is -2.33. The number of rotatable bonds is 6. The molecule has 0 unspecified atom stereocenters. The molecule has 0 spiro atoms. The standard InChI is InChI=1S/C20H17N3O4/c1-14(27-19-11-5-8-16-7-2-3-10-18(16)19)20(24)22-21-13-15-6-4-9-17(12-15)23(25)26/h2-14H,1H3,(H,22,24)/b21-13-/t14-/m1/s1. The van der Waals surface area contributed by atoms with E-state index in [1.165, 1.54) is 18.3 Å². The van der Waals surface area contributed by atoms with Gasteiger partial charge < -0.3 is 4.74 Å². The van der Waals surface area contributed by atoms with Gasteiger partial charge in [-0.15, -0.1) is 0 Å². The van der Waals surface area contributed by atoms with Crippen molar-refractivity contribution in [1.29, 1.82) is 0 Å². The summed E-state index contributed by atoms with van der Waals surface area (Å²) in [5.41, 5.74) is 2.85. The predicted octanol–water partition coefficient (Wildman–Crippen LogP) is 3.67. The molecular formula is C20H17N3O4.